The molecule has 0 fully saturated rings. The van der Waals surface area contributed by atoms with Crippen LogP contribution >= 0.6 is 12.4 Å². The van der Waals surface area contributed by atoms with Gasteiger partial charge in [0.05, 0.1) is 6.04 Å². The van der Waals surface area contributed by atoms with Gasteiger partial charge in [-0.2, -0.15) is 0 Å². The van der Waals surface area contributed by atoms with Crippen molar-refractivity contribution in [3.63, 3.8) is 0 Å². The average molecular weight is 330 g/mol. The first-order chi connectivity index (χ1) is 10.0. The predicted octanol–water partition coefficient (Wildman–Crippen LogP) is 3.31. The molecule has 3 N–H and O–H groups in total. The maximum absolute atomic E-state index is 13.3. The summed E-state index contributed by atoms with van der Waals surface area (Å²) < 4.78 is 32.2. The number of rotatable bonds is 6. The van der Waals surface area contributed by atoms with Crippen molar-refractivity contribution in [2.24, 2.45) is 5.73 Å². The summed E-state index contributed by atoms with van der Waals surface area (Å²) in [5, 5.41) is 8.64. The number of hydrogen-bond acceptors (Lipinski definition) is 3. The minimum atomic E-state index is -3.34. The number of alkyl halides is 2. The van der Waals surface area contributed by atoms with Crippen molar-refractivity contribution in [1.82, 2.24) is 0 Å². The van der Waals surface area contributed by atoms with Gasteiger partial charge in [-0.25, -0.2) is 8.78 Å². The van der Waals surface area contributed by atoms with Crippen LogP contribution in [-0.2, 0) is 6.61 Å². The molecule has 0 aliphatic heterocycles. The van der Waals surface area contributed by atoms with E-state index in [1.807, 2.05) is 30.3 Å². The summed E-state index contributed by atoms with van der Waals surface area (Å²) in [6, 6.07) is 14.2. The van der Waals surface area contributed by atoms with Crippen molar-refractivity contribution in [1.29, 1.82) is 0 Å². The average Bonchev–Trinajstić information content (AvgIpc) is 2.53. The van der Waals surface area contributed by atoms with Crippen LogP contribution in [0.4, 0.5) is 8.78 Å². The molecule has 0 bridgehead atoms. The standard InChI is InChI=1S/C16H17F2NO2.ClH/c17-16(18,11-20)15(19)13-6-8-14(9-7-13)21-10-12-4-2-1-3-5-12;/h1-9,15,20H,10-11,19H2;1H/t15-;/m1./s1. The highest BCUT2D eigenvalue weighted by Gasteiger charge is 2.37. The minimum absolute atomic E-state index is 0. The van der Waals surface area contributed by atoms with Crippen LogP contribution in [0.3, 0.4) is 0 Å². The summed E-state index contributed by atoms with van der Waals surface area (Å²) in [6.45, 7) is -0.876. The highest BCUT2D eigenvalue weighted by atomic mass is 35.5. The fraction of sp³-hybridized carbons (Fsp3) is 0.250. The largest absolute Gasteiger partial charge is 0.489 e. The molecule has 22 heavy (non-hydrogen) atoms. The Hall–Kier alpha value is -1.69. The van der Waals surface area contributed by atoms with Gasteiger partial charge >= 0.3 is 0 Å². The summed E-state index contributed by atoms with van der Waals surface area (Å²) >= 11 is 0. The fourth-order valence-electron chi connectivity index (χ4n) is 1.85. The summed E-state index contributed by atoms with van der Waals surface area (Å²) in [5.41, 5.74) is 6.72. The lowest BCUT2D eigenvalue weighted by molar-refractivity contribution is -0.0711. The lowest BCUT2D eigenvalue weighted by atomic mass is 10.0. The first kappa shape index (κ1) is 18.4. The molecule has 6 heteroatoms. The van der Waals surface area contributed by atoms with Crippen LogP contribution in [-0.4, -0.2) is 17.6 Å². The maximum atomic E-state index is 13.3. The van der Waals surface area contributed by atoms with E-state index < -0.39 is 18.6 Å². The van der Waals surface area contributed by atoms with E-state index in [1.54, 1.807) is 12.1 Å². The van der Waals surface area contributed by atoms with Gasteiger partial charge in [-0.15, -0.1) is 12.4 Å². The number of aliphatic hydroxyl groups excluding tert-OH is 1. The zero-order chi connectivity index (χ0) is 15.3. The van der Waals surface area contributed by atoms with Gasteiger partial charge in [0, 0.05) is 0 Å². The second-order valence-electron chi connectivity index (χ2n) is 4.74. The molecule has 2 rings (SSSR count). The molecule has 0 aliphatic carbocycles. The van der Waals surface area contributed by atoms with Crippen molar-refractivity contribution in [2.75, 3.05) is 6.61 Å². The molecule has 0 radical (unpaired) electrons. The van der Waals surface area contributed by atoms with Gasteiger partial charge in [0.25, 0.3) is 5.92 Å². The molecule has 3 nitrogen and oxygen atoms in total. The summed E-state index contributed by atoms with van der Waals surface area (Å²) in [7, 11) is 0. The van der Waals surface area contributed by atoms with Gasteiger partial charge in [-0.05, 0) is 23.3 Å². The van der Waals surface area contributed by atoms with Crippen LogP contribution in [0.15, 0.2) is 54.6 Å². The Bertz CT molecular complexity index is 564. The molecule has 0 unspecified atom stereocenters. The summed E-state index contributed by atoms with van der Waals surface area (Å²) in [5.74, 6) is -2.77. The topological polar surface area (TPSA) is 55.5 Å². The van der Waals surface area contributed by atoms with E-state index in [0.29, 0.717) is 12.4 Å². The van der Waals surface area contributed by atoms with Crippen molar-refractivity contribution in [3.8, 4) is 5.75 Å². The van der Waals surface area contributed by atoms with Gasteiger partial charge in [0.15, 0.2) is 0 Å². The zero-order valence-electron chi connectivity index (χ0n) is 11.8. The third-order valence-electron chi connectivity index (χ3n) is 3.15. The summed E-state index contributed by atoms with van der Waals surface area (Å²) in [6.07, 6.45) is 0. The smallest absolute Gasteiger partial charge is 0.289 e. The molecule has 0 heterocycles. The number of nitrogens with two attached hydrogens (primary N) is 1. The molecule has 2 aromatic rings. The van der Waals surface area contributed by atoms with E-state index in [9.17, 15) is 8.78 Å². The van der Waals surface area contributed by atoms with Crippen molar-refractivity contribution < 1.29 is 18.6 Å². The first-order valence-electron chi connectivity index (χ1n) is 6.54. The molecule has 1 atom stereocenters. The molecule has 120 valence electrons. The second kappa shape index (κ2) is 8.08. The van der Waals surface area contributed by atoms with Crippen LogP contribution in [0.2, 0.25) is 0 Å². The van der Waals surface area contributed by atoms with Crippen LogP contribution in [0.1, 0.15) is 17.2 Å². The van der Waals surface area contributed by atoms with Crippen LogP contribution < -0.4 is 10.5 Å². The van der Waals surface area contributed by atoms with Gasteiger partial charge in [0.2, 0.25) is 0 Å². The minimum Gasteiger partial charge on any atom is -0.489 e. The Morgan fingerprint density at radius 2 is 1.64 bits per heavy atom. The molecule has 0 aliphatic rings. The third-order valence-corrected chi connectivity index (χ3v) is 3.15. The van der Waals surface area contributed by atoms with Crippen molar-refractivity contribution in [3.05, 3.63) is 65.7 Å². The van der Waals surface area contributed by atoms with Gasteiger partial charge in [0.1, 0.15) is 19.0 Å². The number of hydrogen-bond donors (Lipinski definition) is 2. The van der Waals surface area contributed by atoms with Gasteiger partial charge < -0.3 is 15.6 Å². The lowest BCUT2D eigenvalue weighted by Crippen LogP contribution is -2.36. The van der Waals surface area contributed by atoms with Crippen LogP contribution in [0.25, 0.3) is 0 Å². The third kappa shape index (κ3) is 4.66. The van der Waals surface area contributed by atoms with Crippen molar-refractivity contribution >= 4 is 12.4 Å². The Labute approximate surface area is 134 Å². The summed E-state index contributed by atoms with van der Waals surface area (Å²) in [4.78, 5) is 0. The van der Waals surface area contributed by atoms with E-state index in [0.717, 1.165) is 5.56 Å². The first-order valence-corrected chi connectivity index (χ1v) is 6.54. The molecule has 0 aromatic heterocycles. The van der Waals surface area contributed by atoms with Crippen LogP contribution in [0.5, 0.6) is 5.75 Å². The maximum Gasteiger partial charge on any atom is 0.289 e. The Balaban J connectivity index is 0.00000242. The molecular formula is C16H18ClF2NO2. The monoisotopic (exact) mass is 329 g/mol. The molecule has 0 saturated carbocycles. The Morgan fingerprint density at radius 3 is 2.18 bits per heavy atom. The van der Waals surface area contributed by atoms with E-state index in [2.05, 4.69) is 0 Å². The van der Waals surface area contributed by atoms with Crippen LogP contribution in [0, 0.1) is 0 Å². The second-order valence-corrected chi connectivity index (χ2v) is 4.74. The SMILES string of the molecule is Cl.N[C@H](c1ccc(OCc2ccccc2)cc1)C(F)(F)CO. The quantitative estimate of drug-likeness (QED) is 0.855. The van der Waals surface area contributed by atoms with E-state index >= 15 is 0 Å². The van der Waals surface area contributed by atoms with Gasteiger partial charge in [-0.3, -0.25) is 0 Å². The molecule has 0 amide bonds. The van der Waals surface area contributed by atoms with Crippen molar-refractivity contribution in [2.45, 2.75) is 18.6 Å². The molecule has 0 saturated heterocycles. The Kier molecular flexibility index (Phi) is 6.74. The number of ether oxygens (including phenoxy) is 1. The van der Waals surface area contributed by atoms with Gasteiger partial charge in [-0.1, -0.05) is 42.5 Å². The number of halogens is 3. The van der Waals surface area contributed by atoms with E-state index in [1.165, 1.54) is 12.1 Å². The molecular weight excluding hydrogens is 312 g/mol. The number of aliphatic hydroxyl groups is 1. The van der Waals surface area contributed by atoms with E-state index in [4.69, 9.17) is 15.6 Å². The molecule has 2 aromatic carbocycles. The predicted molar refractivity (Wildman–Crippen MR) is 83.4 cm³/mol. The number of benzene rings is 2. The Morgan fingerprint density at radius 1 is 1.05 bits per heavy atom. The fourth-order valence-corrected chi connectivity index (χ4v) is 1.85. The molecule has 0 spiro atoms. The zero-order valence-corrected chi connectivity index (χ0v) is 12.6. The normalized spacial score (nSPS) is 12.4. The highest BCUT2D eigenvalue weighted by molar-refractivity contribution is 5.85. The van der Waals surface area contributed by atoms with E-state index in [-0.39, 0.29) is 18.0 Å². The lowest BCUT2D eigenvalue weighted by Gasteiger charge is -2.21. The highest BCUT2D eigenvalue weighted by Crippen LogP contribution is 2.29.